The highest BCUT2D eigenvalue weighted by molar-refractivity contribution is 9.10. The van der Waals surface area contributed by atoms with Crippen molar-refractivity contribution in [3.63, 3.8) is 0 Å². The molecule has 0 fully saturated rings. The fourth-order valence-corrected chi connectivity index (χ4v) is 2.70. The lowest BCUT2D eigenvalue weighted by Crippen LogP contribution is -2.05. The van der Waals surface area contributed by atoms with Crippen molar-refractivity contribution in [3.05, 3.63) is 40.4 Å². The van der Waals surface area contributed by atoms with Crippen LogP contribution in [0.15, 0.2) is 34.8 Å². The van der Waals surface area contributed by atoms with Gasteiger partial charge >= 0.3 is 0 Å². The van der Waals surface area contributed by atoms with E-state index in [9.17, 15) is 10.4 Å². The van der Waals surface area contributed by atoms with E-state index < -0.39 is 0 Å². The molecule has 1 heterocycles. The van der Waals surface area contributed by atoms with Crippen LogP contribution in [0.4, 0.5) is 11.8 Å². The summed E-state index contributed by atoms with van der Waals surface area (Å²) < 4.78 is 0.902. The molecule has 0 radical (unpaired) electrons. The highest BCUT2D eigenvalue weighted by Gasteiger charge is 2.18. The first-order valence-corrected chi connectivity index (χ1v) is 7.05. The Hall–Kier alpha value is -2.85. The topological polar surface area (TPSA) is 122 Å². The van der Waals surface area contributed by atoms with Crippen molar-refractivity contribution in [1.82, 2.24) is 9.97 Å². The molecule has 0 atom stereocenters. The number of benzene rings is 2. The molecule has 6 nitrogen and oxygen atoms in total. The molecule has 0 aliphatic heterocycles. The van der Waals surface area contributed by atoms with Crippen LogP contribution in [0.5, 0.6) is 5.75 Å². The molecule has 0 amide bonds. The Morgan fingerprint density at radius 3 is 2.64 bits per heavy atom. The van der Waals surface area contributed by atoms with Crippen LogP contribution in [-0.4, -0.2) is 15.1 Å². The van der Waals surface area contributed by atoms with Crippen molar-refractivity contribution >= 4 is 38.5 Å². The summed E-state index contributed by atoms with van der Waals surface area (Å²) >= 11 is 3.40. The quantitative estimate of drug-likeness (QED) is 0.616. The van der Waals surface area contributed by atoms with Crippen molar-refractivity contribution < 1.29 is 5.11 Å². The number of aromatic hydroxyl groups is 1. The number of hydrogen-bond donors (Lipinski definition) is 3. The van der Waals surface area contributed by atoms with Crippen molar-refractivity contribution in [2.45, 2.75) is 0 Å². The van der Waals surface area contributed by atoms with E-state index in [0.717, 1.165) is 15.2 Å². The van der Waals surface area contributed by atoms with E-state index in [-0.39, 0.29) is 28.8 Å². The molecular formula is C15H10BrN5O. The van der Waals surface area contributed by atoms with Crippen LogP contribution < -0.4 is 11.5 Å². The normalized spacial score (nSPS) is 10.5. The Labute approximate surface area is 134 Å². The summed E-state index contributed by atoms with van der Waals surface area (Å²) in [6.07, 6.45) is 0. The van der Waals surface area contributed by atoms with Gasteiger partial charge in [0.1, 0.15) is 28.9 Å². The molecule has 0 bridgehead atoms. The van der Waals surface area contributed by atoms with Gasteiger partial charge < -0.3 is 16.6 Å². The number of hydrogen-bond acceptors (Lipinski definition) is 6. The first-order valence-electron chi connectivity index (χ1n) is 6.26. The first-order chi connectivity index (χ1) is 10.5. The fraction of sp³-hybridized carbons (Fsp3) is 0. The number of phenols is 1. The van der Waals surface area contributed by atoms with Gasteiger partial charge in [-0.15, -0.1) is 0 Å². The van der Waals surface area contributed by atoms with E-state index >= 15 is 0 Å². The number of halogens is 1. The second kappa shape index (κ2) is 5.16. The summed E-state index contributed by atoms with van der Waals surface area (Å²) in [5.41, 5.74) is 12.1. The number of nitrogen functional groups attached to an aromatic ring is 2. The highest BCUT2D eigenvalue weighted by atomic mass is 79.9. The average molecular weight is 356 g/mol. The minimum Gasteiger partial charge on any atom is -0.507 e. The molecule has 1 aromatic heterocycles. The Kier molecular flexibility index (Phi) is 3.31. The maximum absolute atomic E-state index is 10.3. The van der Waals surface area contributed by atoms with Gasteiger partial charge in [0.15, 0.2) is 0 Å². The van der Waals surface area contributed by atoms with Gasteiger partial charge in [0.05, 0.1) is 5.56 Å². The number of anilines is 2. The van der Waals surface area contributed by atoms with Gasteiger partial charge in [0.25, 0.3) is 0 Å². The molecule has 2 aromatic carbocycles. The van der Waals surface area contributed by atoms with Crippen LogP contribution in [-0.2, 0) is 0 Å². The molecule has 0 saturated heterocycles. The van der Waals surface area contributed by atoms with Crippen molar-refractivity contribution in [1.29, 1.82) is 5.26 Å². The fourth-order valence-electron chi connectivity index (χ4n) is 2.33. The lowest BCUT2D eigenvalue weighted by atomic mass is 9.98. The third-order valence-electron chi connectivity index (χ3n) is 3.26. The minimum absolute atomic E-state index is 0.0103. The summed E-state index contributed by atoms with van der Waals surface area (Å²) in [6.45, 7) is 0. The maximum atomic E-state index is 10.3. The SMILES string of the molecule is N#Cc1c(N)nc(N)nc1-c1c(O)ccc2cc(Br)ccc12. The van der Waals surface area contributed by atoms with Crippen LogP contribution in [0, 0.1) is 11.3 Å². The van der Waals surface area contributed by atoms with E-state index in [1.54, 1.807) is 12.1 Å². The maximum Gasteiger partial charge on any atom is 0.222 e. The van der Waals surface area contributed by atoms with Crippen LogP contribution in [0.25, 0.3) is 22.0 Å². The molecule has 0 aliphatic rings. The Morgan fingerprint density at radius 1 is 1.14 bits per heavy atom. The first kappa shape index (κ1) is 14.1. The molecule has 0 aliphatic carbocycles. The van der Waals surface area contributed by atoms with E-state index in [1.165, 1.54) is 0 Å². The lowest BCUT2D eigenvalue weighted by molar-refractivity contribution is 0.478. The Balaban J connectivity index is 2.46. The molecular weight excluding hydrogens is 346 g/mol. The Bertz CT molecular complexity index is 949. The van der Waals surface area contributed by atoms with Crippen molar-refractivity contribution in [2.75, 3.05) is 11.5 Å². The zero-order valence-electron chi connectivity index (χ0n) is 11.2. The monoisotopic (exact) mass is 355 g/mol. The van der Waals surface area contributed by atoms with Crippen LogP contribution in [0.2, 0.25) is 0 Å². The molecule has 22 heavy (non-hydrogen) atoms. The second-order valence-corrected chi connectivity index (χ2v) is 5.54. The number of nitrogens with two attached hydrogens (primary N) is 2. The van der Waals surface area contributed by atoms with Crippen LogP contribution >= 0.6 is 15.9 Å². The lowest BCUT2D eigenvalue weighted by Gasteiger charge is -2.11. The average Bonchev–Trinajstić information content (AvgIpc) is 2.46. The van der Waals surface area contributed by atoms with Gasteiger partial charge in [-0.25, -0.2) is 4.98 Å². The summed E-state index contributed by atoms with van der Waals surface area (Å²) in [5.74, 6) is -0.0812. The van der Waals surface area contributed by atoms with Gasteiger partial charge in [0.2, 0.25) is 5.95 Å². The number of fused-ring (bicyclic) bond motifs is 1. The minimum atomic E-state index is -0.0555. The van der Waals surface area contributed by atoms with Crippen LogP contribution in [0.1, 0.15) is 5.56 Å². The summed E-state index contributed by atoms with van der Waals surface area (Å²) in [7, 11) is 0. The molecule has 5 N–H and O–H groups in total. The van der Waals surface area contributed by atoms with Crippen LogP contribution in [0.3, 0.4) is 0 Å². The third kappa shape index (κ3) is 2.19. The molecule has 0 spiro atoms. The molecule has 3 aromatic rings. The number of nitrogens with zero attached hydrogens (tertiary/aromatic N) is 3. The van der Waals surface area contributed by atoms with Gasteiger partial charge in [-0.05, 0) is 29.0 Å². The molecule has 0 unspecified atom stereocenters. The Morgan fingerprint density at radius 2 is 1.91 bits per heavy atom. The second-order valence-electron chi connectivity index (χ2n) is 4.63. The van der Waals surface area contributed by atoms with Gasteiger partial charge in [-0.1, -0.05) is 28.1 Å². The highest BCUT2D eigenvalue weighted by Crippen LogP contribution is 2.38. The number of phenolic OH excluding ortho intramolecular Hbond substituents is 1. The van der Waals surface area contributed by atoms with E-state index in [1.807, 2.05) is 24.3 Å². The van der Waals surface area contributed by atoms with Crippen molar-refractivity contribution in [3.8, 4) is 23.1 Å². The smallest absolute Gasteiger partial charge is 0.222 e. The molecule has 108 valence electrons. The van der Waals surface area contributed by atoms with E-state index in [2.05, 4.69) is 25.9 Å². The van der Waals surface area contributed by atoms with Gasteiger partial charge in [-0.2, -0.15) is 10.2 Å². The van der Waals surface area contributed by atoms with Crippen molar-refractivity contribution in [2.24, 2.45) is 0 Å². The molecule has 0 saturated carbocycles. The summed E-state index contributed by atoms with van der Waals surface area (Å²) in [6, 6.07) is 10.8. The predicted molar refractivity (Wildman–Crippen MR) is 87.9 cm³/mol. The number of nitriles is 1. The standard InChI is InChI=1S/C15H10BrN5O/c16-8-2-3-9-7(5-8)1-4-11(22)12(9)13-10(6-17)14(18)21-15(19)20-13/h1-5,22H,(H4,18,19,20,21). The summed E-state index contributed by atoms with van der Waals surface area (Å²) in [4.78, 5) is 7.89. The number of rotatable bonds is 1. The summed E-state index contributed by atoms with van der Waals surface area (Å²) in [5, 5.41) is 21.2. The zero-order valence-corrected chi connectivity index (χ0v) is 12.8. The predicted octanol–water partition coefficient (Wildman–Crippen LogP) is 2.80. The molecule has 3 rings (SSSR count). The number of aromatic nitrogens is 2. The largest absolute Gasteiger partial charge is 0.507 e. The zero-order chi connectivity index (χ0) is 15.9. The van der Waals surface area contributed by atoms with Gasteiger partial charge in [-0.3, -0.25) is 0 Å². The third-order valence-corrected chi connectivity index (χ3v) is 3.76. The molecule has 7 heteroatoms. The van der Waals surface area contributed by atoms with E-state index in [4.69, 9.17) is 11.5 Å². The van der Waals surface area contributed by atoms with Gasteiger partial charge in [0, 0.05) is 4.47 Å². The van der Waals surface area contributed by atoms with E-state index in [0.29, 0.717) is 5.56 Å².